The second kappa shape index (κ2) is 4.74. The van der Waals surface area contributed by atoms with Crippen molar-refractivity contribution in [3.8, 4) is 0 Å². The van der Waals surface area contributed by atoms with Gasteiger partial charge in [0, 0.05) is 6.54 Å². The molecule has 0 fully saturated rings. The van der Waals surface area contributed by atoms with Crippen LogP contribution in [0.2, 0.25) is 0 Å². The number of nitrogens with zero attached hydrogens (tertiary/aromatic N) is 5. The van der Waals surface area contributed by atoms with Gasteiger partial charge in [0.05, 0.1) is 11.4 Å². The number of aryl methyl sites for hydroxylation is 2. The molecule has 2 N–H and O–H groups in total. The Morgan fingerprint density at radius 3 is 2.53 bits per heavy atom. The molecule has 2 aromatic rings. The second-order valence-electron chi connectivity index (χ2n) is 4.19. The van der Waals surface area contributed by atoms with Gasteiger partial charge in [0.25, 0.3) is 0 Å². The van der Waals surface area contributed by atoms with Gasteiger partial charge in [0.15, 0.2) is 0 Å². The van der Waals surface area contributed by atoms with E-state index in [0.717, 1.165) is 0 Å². The zero-order chi connectivity index (χ0) is 14.2. The van der Waals surface area contributed by atoms with E-state index in [1.54, 1.807) is 23.2 Å². The summed E-state index contributed by atoms with van der Waals surface area (Å²) in [5.41, 5.74) is 0.896. The molecule has 0 unspecified atom stereocenters. The molecule has 2 aromatic heterocycles. The molecule has 0 aliphatic rings. The lowest BCUT2D eigenvalue weighted by Crippen LogP contribution is -2.15. The maximum absolute atomic E-state index is 11.5. The molecule has 0 amide bonds. The largest absolute Gasteiger partial charge is 0.261 e. The molecule has 0 saturated carbocycles. The molecule has 0 spiro atoms. The fourth-order valence-corrected chi connectivity index (χ4v) is 3.02. The Labute approximate surface area is 111 Å². The highest BCUT2D eigenvalue weighted by Gasteiger charge is 2.21. The van der Waals surface area contributed by atoms with Crippen LogP contribution in [0.3, 0.4) is 0 Å². The van der Waals surface area contributed by atoms with Crippen molar-refractivity contribution in [1.82, 2.24) is 24.5 Å². The molecule has 2 heterocycles. The molecular weight excluding hydrogens is 268 g/mol. The van der Waals surface area contributed by atoms with E-state index in [-0.39, 0.29) is 4.90 Å². The van der Waals surface area contributed by atoms with Gasteiger partial charge in [0.1, 0.15) is 23.6 Å². The first kappa shape index (κ1) is 13.7. The summed E-state index contributed by atoms with van der Waals surface area (Å²) in [7, 11) is -3.76. The minimum absolute atomic E-state index is 0.0788. The van der Waals surface area contributed by atoms with Gasteiger partial charge in [-0.1, -0.05) is 0 Å². The van der Waals surface area contributed by atoms with Gasteiger partial charge in [0.2, 0.25) is 10.0 Å². The van der Waals surface area contributed by atoms with Crippen LogP contribution in [0.1, 0.15) is 24.1 Å². The molecule has 9 heteroatoms. The average molecular weight is 284 g/mol. The zero-order valence-corrected chi connectivity index (χ0v) is 11.8. The summed E-state index contributed by atoms with van der Waals surface area (Å²) >= 11 is 0. The Balaban J connectivity index is 2.43. The topological polar surface area (TPSA) is 109 Å². The molecule has 19 heavy (non-hydrogen) atoms. The van der Waals surface area contributed by atoms with E-state index in [1.807, 2.05) is 6.92 Å². The molecule has 0 aliphatic carbocycles. The van der Waals surface area contributed by atoms with Crippen molar-refractivity contribution in [2.75, 3.05) is 0 Å². The van der Waals surface area contributed by atoms with E-state index >= 15 is 0 Å². The van der Waals surface area contributed by atoms with Crippen molar-refractivity contribution in [1.29, 1.82) is 0 Å². The third-order valence-corrected chi connectivity index (χ3v) is 4.05. The van der Waals surface area contributed by atoms with E-state index in [2.05, 4.69) is 15.2 Å². The van der Waals surface area contributed by atoms with E-state index in [4.69, 9.17) is 5.14 Å². The SMILES string of the molecule is CCn1ncnc1Cn1nc(C)c(S(N)(=O)=O)c1C. The van der Waals surface area contributed by atoms with E-state index in [1.165, 1.54) is 6.33 Å². The molecule has 0 saturated heterocycles. The molecule has 0 atom stereocenters. The van der Waals surface area contributed by atoms with Crippen LogP contribution in [0.25, 0.3) is 0 Å². The van der Waals surface area contributed by atoms with E-state index in [0.29, 0.717) is 30.3 Å². The molecule has 0 aromatic carbocycles. The van der Waals surface area contributed by atoms with Crippen LogP contribution in [-0.2, 0) is 23.1 Å². The van der Waals surface area contributed by atoms with Gasteiger partial charge in [-0.05, 0) is 20.8 Å². The van der Waals surface area contributed by atoms with Gasteiger partial charge in [-0.25, -0.2) is 23.2 Å². The summed E-state index contributed by atoms with van der Waals surface area (Å²) in [5, 5.41) is 13.5. The Kier molecular flexibility index (Phi) is 3.42. The van der Waals surface area contributed by atoms with Crippen molar-refractivity contribution >= 4 is 10.0 Å². The Morgan fingerprint density at radius 2 is 2.00 bits per heavy atom. The summed E-state index contributed by atoms with van der Waals surface area (Å²) in [6.07, 6.45) is 1.46. The molecule has 0 bridgehead atoms. The normalized spacial score (nSPS) is 12.0. The first-order valence-electron chi connectivity index (χ1n) is 5.78. The van der Waals surface area contributed by atoms with Gasteiger partial charge >= 0.3 is 0 Å². The lowest BCUT2D eigenvalue weighted by molar-refractivity contribution is 0.557. The number of sulfonamides is 1. The molecule has 104 valence electrons. The van der Waals surface area contributed by atoms with Crippen LogP contribution < -0.4 is 5.14 Å². The van der Waals surface area contributed by atoms with Crippen LogP contribution in [0.15, 0.2) is 11.2 Å². The summed E-state index contributed by atoms with van der Waals surface area (Å²) in [5.74, 6) is 0.717. The van der Waals surface area contributed by atoms with Crippen molar-refractivity contribution in [2.24, 2.45) is 5.14 Å². The van der Waals surface area contributed by atoms with Gasteiger partial charge < -0.3 is 0 Å². The molecular formula is C10H16N6O2S. The maximum Gasteiger partial charge on any atom is 0.241 e. The highest BCUT2D eigenvalue weighted by Crippen LogP contribution is 2.18. The van der Waals surface area contributed by atoms with Crippen LogP contribution >= 0.6 is 0 Å². The van der Waals surface area contributed by atoms with Gasteiger partial charge in [-0.15, -0.1) is 0 Å². The smallest absolute Gasteiger partial charge is 0.241 e. The van der Waals surface area contributed by atoms with E-state index in [9.17, 15) is 8.42 Å². The third-order valence-electron chi connectivity index (χ3n) is 2.89. The second-order valence-corrected chi connectivity index (χ2v) is 5.69. The molecule has 0 aliphatic heterocycles. The predicted molar refractivity (Wildman–Crippen MR) is 67.9 cm³/mol. The van der Waals surface area contributed by atoms with Crippen molar-refractivity contribution in [3.05, 3.63) is 23.5 Å². The Morgan fingerprint density at radius 1 is 1.32 bits per heavy atom. The monoisotopic (exact) mass is 284 g/mol. The maximum atomic E-state index is 11.5. The highest BCUT2D eigenvalue weighted by atomic mass is 32.2. The van der Waals surface area contributed by atoms with Crippen LogP contribution in [0.4, 0.5) is 0 Å². The number of nitrogens with two attached hydrogens (primary N) is 1. The van der Waals surface area contributed by atoms with Crippen molar-refractivity contribution in [3.63, 3.8) is 0 Å². The minimum atomic E-state index is -3.76. The van der Waals surface area contributed by atoms with Crippen LogP contribution in [0.5, 0.6) is 0 Å². The summed E-state index contributed by atoms with van der Waals surface area (Å²) in [6, 6.07) is 0. The minimum Gasteiger partial charge on any atom is -0.261 e. The summed E-state index contributed by atoms with van der Waals surface area (Å²) in [6.45, 7) is 6.29. The van der Waals surface area contributed by atoms with Crippen molar-refractivity contribution in [2.45, 2.75) is 38.8 Å². The number of hydrogen-bond acceptors (Lipinski definition) is 5. The molecule has 2 rings (SSSR count). The number of aromatic nitrogens is 5. The van der Waals surface area contributed by atoms with Gasteiger partial charge in [-0.2, -0.15) is 10.2 Å². The highest BCUT2D eigenvalue weighted by molar-refractivity contribution is 7.89. The first-order valence-corrected chi connectivity index (χ1v) is 7.32. The standard InChI is InChI=1S/C10H16N6O2S/c1-4-15-9(12-6-13-15)5-16-8(3)10(7(2)14-16)19(11,17)18/h6H,4-5H2,1-3H3,(H2,11,17,18). The fraction of sp³-hybridized carbons (Fsp3) is 0.500. The van der Waals surface area contributed by atoms with E-state index < -0.39 is 10.0 Å². The lowest BCUT2D eigenvalue weighted by Gasteiger charge is -2.05. The van der Waals surface area contributed by atoms with Crippen molar-refractivity contribution < 1.29 is 8.42 Å². The van der Waals surface area contributed by atoms with Crippen LogP contribution in [0, 0.1) is 13.8 Å². The zero-order valence-electron chi connectivity index (χ0n) is 11.0. The lowest BCUT2D eigenvalue weighted by atomic mass is 10.4. The number of rotatable bonds is 4. The first-order chi connectivity index (χ1) is 8.84. The molecule has 0 radical (unpaired) electrons. The number of hydrogen-bond donors (Lipinski definition) is 1. The number of primary sulfonamides is 1. The third kappa shape index (κ3) is 2.51. The summed E-state index contributed by atoms with van der Waals surface area (Å²) in [4.78, 5) is 4.21. The summed E-state index contributed by atoms with van der Waals surface area (Å²) < 4.78 is 26.3. The van der Waals surface area contributed by atoms with Gasteiger partial charge in [-0.3, -0.25) is 4.68 Å². The average Bonchev–Trinajstić information content (AvgIpc) is 2.83. The fourth-order valence-electron chi connectivity index (χ4n) is 2.05. The quantitative estimate of drug-likeness (QED) is 0.836. The van der Waals surface area contributed by atoms with Crippen LogP contribution in [-0.4, -0.2) is 33.0 Å². The molecule has 8 nitrogen and oxygen atoms in total. The Bertz CT molecular complexity index is 700. The predicted octanol–water partition coefficient (Wildman–Crippen LogP) is -0.193. The Hall–Kier alpha value is -1.74.